The lowest BCUT2D eigenvalue weighted by Gasteiger charge is -2.25. The molecule has 0 unspecified atom stereocenters. The van der Waals surface area contributed by atoms with Gasteiger partial charge in [-0.05, 0) is 32.4 Å². The molecule has 0 aromatic heterocycles. The molecule has 1 aromatic carbocycles. The van der Waals surface area contributed by atoms with Crippen LogP contribution in [0.3, 0.4) is 0 Å². The third-order valence-electron chi connectivity index (χ3n) is 2.52. The van der Waals surface area contributed by atoms with Gasteiger partial charge in [0.25, 0.3) is 0 Å². The molecule has 0 aliphatic rings. The van der Waals surface area contributed by atoms with Gasteiger partial charge >= 0.3 is 5.97 Å². The van der Waals surface area contributed by atoms with Crippen LogP contribution in [0.1, 0.15) is 26.7 Å². The molecule has 0 atom stereocenters. The van der Waals surface area contributed by atoms with Crippen molar-refractivity contribution < 1.29 is 27.1 Å². The lowest BCUT2D eigenvalue weighted by molar-refractivity contribution is -0.137. The van der Waals surface area contributed by atoms with Gasteiger partial charge in [-0.25, -0.2) is 21.9 Å². The number of carboxylic acid groups (broad SMARTS) is 1. The topological polar surface area (TPSA) is 83.5 Å². The number of hydrogen-bond donors (Lipinski definition) is 2. The van der Waals surface area contributed by atoms with Gasteiger partial charge in [-0.2, -0.15) is 0 Å². The maximum Gasteiger partial charge on any atom is 0.303 e. The number of sulfonamides is 1. The third-order valence-corrected chi connectivity index (χ3v) is 4.20. The first kappa shape index (κ1) is 16.5. The van der Waals surface area contributed by atoms with E-state index in [4.69, 9.17) is 5.11 Å². The van der Waals surface area contributed by atoms with E-state index in [2.05, 4.69) is 4.72 Å². The summed E-state index contributed by atoms with van der Waals surface area (Å²) in [4.78, 5) is 9.95. The number of nitrogens with one attached hydrogen (secondary N) is 1. The Kier molecular flexibility index (Phi) is 4.82. The monoisotopic (exact) mass is 307 g/mol. The van der Waals surface area contributed by atoms with Gasteiger partial charge in [0.05, 0.1) is 4.90 Å². The average Bonchev–Trinajstić information content (AvgIpc) is 2.24. The number of halogens is 2. The highest BCUT2D eigenvalue weighted by Crippen LogP contribution is 2.19. The minimum atomic E-state index is -4.13. The van der Waals surface area contributed by atoms with E-state index in [1.54, 1.807) is 0 Å². The van der Waals surface area contributed by atoms with Crippen molar-refractivity contribution in [2.24, 2.45) is 0 Å². The van der Waals surface area contributed by atoms with Crippen LogP contribution >= 0.6 is 0 Å². The molecule has 0 aliphatic heterocycles. The maximum atomic E-state index is 13.0. The summed E-state index contributed by atoms with van der Waals surface area (Å²) >= 11 is 0. The van der Waals surface area contributed by atoms with E-state index >= 15 is 0 Å². The maximum absolute atomic E-state index is 13.0. The molecule has 8 heteroatoms. The predicted octanol–water partition coefficient (Wildman–Crippen LogP) is 1.89. The molecule has 5 nitrogen and oxygen atoms in total. The normalized spacial score (nSPS) is 12.4. The van der Waals surface area contributed by atoms with Crippen molar-refractivity contribution in [3.05, 3.63) is 29.8 Å². The summed E-state index contributed by atoms with van der Waals surface area (Å²) in [6, 6.07) is 1.95. The zero-order valence-corrected chi connectivity index (χ0v) is 11.8. The van der Waals surface area contributed by atoms with Crippen LogP contribution in [0.2, 0.25) is 0 Å². The fraction of sp³-hybridized carbons (Fsp3) is 0.417. The van der Waals surface area contributed by atoms with Crippen molar-refractivity contribution in [3.8, 4) is 0 Å². The van der Waals surface area contributed by atoms with E-state index < -0.39 is 38.1 Å². The highest BCUT2D eigenvalue weighted by molar-refractivity contribution is 7.89. The summed E-state index contributed by atoms with van der Waals surface area (Å²) in [6.07, 6.45) is -0.188. The highest BCUT2D eigenvalue weighted by atomic mass is 32.2. The minimum Gasteiger partial charge on any atom is -0.481 e. The van der Waals surface area contributed by atoms with Crippen LogP contribution < -0.4 is 4.72 Å². The van der Waals surface area contributed by atoms with Gasteiger partial charge in [-0.3, -0.25) is 4.79 Å². The van der Waals surface area contributed by atoms with Gasteiger partial charge in [-0.15, -0.1) is 0 Å². The minimum absolute atomic E-state index is 0.0410. The first-order valence-electron chi connectivity index (χ1n) is 5.74. The lowest BCUT2D eigenvalue weighted by Crippen LogP contribution is -2.43. The first-order chi connectivity index (χ1) is 9.02. The molecule has 1 aromatic rings. The zero-order chi connectivity index (χ0) is 15.6. The molecule has 1 rings (SSSR count). The van der Waals surface area contributed by atoms with Gasteiger partial charge in [-0.1, -0.05) is 0 Å². The summed E-state index contributed by atoms with van der Waals surface area (Å²) in [5.74, 6) is -3.07. The van der Waals surface area contributed by atoms with E-state index in [9.17, 15) is 22.0 Å². The Hall–Kier alpha value is -1.54. The van der Waals surface area contributed by atoms with E-state index in [1.807, 2.05) is 0 Å². The third kappa shape index (κ3) is 4.86. The van der Waals surface area contributed by atoms with Crippen LogP contribution in [0.25, 0.3) is 0 Å². The van der Waals surface area contributed by atoms with Crippen LogP contribution in [0, 0.1) is 11.6 Å². The number of hydrogen-bond acceptors (Lipinski definition) is 3. The lowest BCUT2D eigenvalue weighted by atomic mass is 10.0. The standard InChI is InChI=1S/C12H15F2NO4S/c1-12(2,4-3-11(16)17)15-20(18,19)10-6-8(13)5-9(14)7-10/h5-7,15H,3-4H2,1-2H3,(H,16,17). The fourth-order valence-corrected chi connectivity index (χ4v) is 3.06. The van der Waals surface area contributed by atoms with Crippen LogP contribution in [-0.4, -0.2) is 25.0 Å². The van der Waals surface area contributed by atoms with Crippen molar-refractivity contribution >= 4 is 16.0 Å². The van der Waals surface area contributed by atoms with Crippen LogP contribution in [0.5, 0.6) is 0 Å². The Morgan fingerprint density at radius 2 is 1.75 bits per heavy atom. The van der Waals surface area contributed by atoms with Crippen molar-refractivity contribution in [2.45, 2.75) is 37.1 Å². The Morgan fingerprint density at radius 1 is 1.25 bits per heavy atom. The molecule has 112 valence electrons. The molecule has 0 bridgehead atoms. The van der Waals surface area contributed by atoms with E-state index in [0.29, 0.717) is 18.2 Å². The highest BCUT2D eigenvalue weighted by Gasteiger charge is 2.27. The van der Waals surface area contributed by atoms with Gasteiger partial charge < -0.3 is 5.11 Å². The summed E-state index contributed by atoms with van der Waals surface area (Å²) in [5.41, 5.74) is -1.06. The van der Waals surface area contributed by atoms with E-state index in [-0.39, 0.29) is 12.8 Å². The summed E-state index contributed by atoms with van der Waals surface area (Å²) < 4.78 is 52.3. The zero-order valence-electron chi connectivity index (χ0n) is 11.0. The number of benzene rings is 1. The second-order valence-corrected chi connectivity index (χ2v) is 6.67. The molecule has 20 heavy (non-hydrogen) atoms. The molecule has 0 fully saturated rings. The second-order valence-electron chi connectivity index (χ2n) is 4.99. The predicted molar refractivity (Wildman–Crippen MR) is 67.6 cm³/mol. The molecule has 0 aliphatic carbocycles. The van der Waals surface area contributed by atoms with Crippen LogP contribution in [0.15, 0.2) is 23.1 Å². The van der Waals surface area contributed by atoms with Crippen molar-refractivity contribution in [1.29, 1.82) is 0 Å². The molecule has 0 radical (unpaired) electrons. The first-order valence-corrected chi connectivity index (χ1v) is 7.22. The second kappa shape index (κ2) is 5.84. The van der Waals surface area contributed by atoms with Gasteiger partial charge in [0, 0.05) is 18.0 Å². The summed E-state index contributed by atoms with van der Waals surface area (Å²) in [6.45, 7) is 2.98. The molecule has 0 saturated carbocycles. The number of rotatable bonds is 6. The number of carboxylic acids is 1. The van der Waals surface area contributed by atoms with Crippen LogP contribution in [-0.2, 0) is 14.8 Å². The fourth-order valence-electron chi connectivity index (χ4n) is 1.58. The summed E-state index contributed by atoms with van der Waals surface area (Å²) in [5, 5.41) is 8.59. The molecular weight excluding hydrogens is 292 g/mol. The number of aliphatic carboxylic acids is 1. The Labute approximate surface area is 115 Å². The summed E-state index contributed by atoms with van der Waals surface area (Å²) in [7, 11) is -4.13. The average molecular weight is 307 g/mol. The molecular formula is C12H15F2NO4S. The quantitative estimate of drug-likeness (QED) is 0.840. The van der Waals surface area contributed by atoms with Crippen LogP contribution in [0.4, 0.5) is 8.78 Å². The van der Waals surface area contributed by atoms with Gasteiger partial charge in [0.15, 0.2) is 0 Å². The van der Waals surface area contributed by atoms with Crippen molar-refractivity contribution in [1.82, 2.24) is 4.72 Å². The molecule has 0 amide bonds. The Bertz CT molecular complexity index is 594. The molecule has 0 heterocycles. The Morgan fingerprint density at radius 3 is 2.20 bits per heavy atom. The number of carbonyl (C=O) groups is 1. The van der Waals surface area contributed by atoms with E-state index in [1.165, 1.54) is 13.8 Å². The van der Waals surface area contributed by atoms with Gasteiger partial charge in [0.1, 0.15) is 11.6 Å². The molecule has 0 saturated heterocycles. The molecule has 2 N–H and O–H groups in total. The molecule has 0 spiro atoms. The van der Waals surface area contributed by atoms with Gasteiger partial charge in [0.2, 0.25) is 10.0 Å². The van der Waals surface area contributed by atoms with Crippen molar-refractivity contribution in [2.75, 3.05) is 0 Å². The van der Waals surface area contributed by atoms with E-state index in [0.717, 1.165) is 0 Å². The Balaban J connectivity index is 2.96. The SMILES string of the molecule is CC(C)(CCC(=O)O)NS(=O)(=O)c1cc(F)cc(F)c1. The smallest absolute Gasteiger partial charge is 0.303 e. The largest absolute Gasteiger partial charge is 0.481 e. The van der Waals surface area contributed by atoms with Crippen molar-refractivity contribution in [3.63, 3.8) is 0 Å².